The lowest BCUT2D eigenvalue weighted by molar-refractivity contribution is 0.419. The van der Waals surface area contributed by atoms with Gasteiger partial charge >= 0.3 is 0 Å². The van der Waals surface area contributed by atoms with Crippen LogP contribution >= 0.6 is 11.6 Å². The number of nitrogens with one attached hydrogen (secondary N) is 1. The van der Waals surface area contributed by atoms with E-state index in [4.69, 9.17) is 17.3 Å². The second-order valence-electron chi connectivity index (χ2n) is 4.06. The molecule has 16 heavy (non-hydrogen) atoms. The first kappa shape index (κ1) is 13.1. The summed E-state index contributed by atoms with van der Waals surface area (Å²) in [4.78, 5) is 4.24. The Morgan fingerprint density at radius 1 is 1.31 bits per heavy atom. The summed E-state index contributed by atoms with van der Waals surface area (Å²) in [5.74, 6) is 0.731. The van der Waals surface area contributed by atoms with E-state index in [1.807, 2.05) is 0 Å². The van der Waals surface area contributed by atoms with E-state index in [1.54, 1.807) is 12.3 Å². The minimum absolute atomic E-state index is 0.0783. The fourth-order valence-electron chi connectivity index (χ4n) is 1.83. The minimum Gasteiger partial charge on any atom is -0.396 e. The third-order valence-corrected chi connectivity index (χ3v) is 3.50. The molecule has 90 valence electrons. The zero-order chi connectivity index (χ0) is 12.2. The van der Waals surface area contributed by atoms with Crippen molar-refractivity contribution in [2.24, 2.45) is 0 Å². The highest BCUT2D eigenvalue weighted by atomic mass is 35.5. The SMILES string of the molecule is CCC(CC)(CC)Nc1ncc(Cl)cc1N. The average molecular weight is 242 g/mol. The van der Waals surface area contributed by atoms with Gasteiger partial charge in [0, 0.05) is 11.7 Å². The van der Waals surface area contributed by atoms with Crippen LogP contribution in [-0.4, -0.2) is 10.5 Å². The summed E-state index contributed by atoms with van der Waals surface area (Å²) in [6.45, 7) is 6.52. The fraction of sp³-hybridized carbons (Fsp3) is 0.583. The number of halogens is 1. The maximum atomic E-state index is 5.88. The smallest absolute Gasteiger partial charge is 0.149 e. The van der Waals surface area contributed by atoms with E-state index in [-0.39, 0.29) is 5.54 Å². The molecule has 0 aliphatic heterocycles. The lowest BCUT2D eigenvalue weighted by Crippen LogP contribution is -2.36. The molecule has 0 atom stereocenters. The van der Waals surface area contributed by atoms with Crippen molar-refractivity contribution in [2.75, 3.05) is 11.1 Å². The number of pyridine rings is 1. The van der Waals surface area contributed by atoms with E-state index < -0.39 is 0 Å². The van der Waals surface area contributed by atoms with Crippen molar-refractivity contribution in [1.82, 2.24) is 4.98 Å². The first-order valence-electron chi connectivity index (χ1n) is 5.76. The Bertz CT molecular complexity index is 340. The second kappa shape index (κ2) is 5.39. The van der Waals surface area contributed by atoms with E-state index in [9.17, 15) is 0 Å². The van der Waals surface area contributed by atoms with Gasteiger partial charge in [-0.15, -0.1) is 0 Å². The van der Waals surface area contributed by atoms with Gasteiger partial charge in [0.1, 0.15) is 5.82 Å². The van der Waals surface area contributed by atoms with Crippen molar-refractivity contribution in [3.05, 3.63) is 17.3 Å². The van der Waals surface area contributed by atoms with Crippen LogP contribution < -0.4 is 11.1 Å². The molecule has 0 saturated carbocycles. The lowest BCUT2D eigenvalue weighted by Gasteiger charge is -2.32. The molecule has 0 aliphatic carbocycles. The molecular weight excluding hydrogens is 222 g/mol. The van der Waals surface area contributed by atoms with Gasteiger partial charge in [-0.2, -0.15) is 0 Å². The summed E-state index contributed by atoms with van der Waals surface area (Å²) < 4.78 is 0. The van der Waals surface area contributed by atoms with Gasteiger partial charge in [0.05, 0.1) is 10.7 Å². The van der Waals surface area contributed by atoms with E-state index in [0.717, 1.165) is 25.1 Å². The Hall–Kier alpha value is -0.960. The molecule has 0 bridgehead atoms. The topological polar surface area (TPSA) is 50.9 Å². The fourth-order valence-corrected chi connectivity index (χ4v) is 1.99. The summed E-state index contributed by atoms with van der Waals surface area (Å²) >= 11 is 5.82. The highest BCUT2D eigenvalue weighted by Crippen LogP contribution is 2.28. The van der Waals surface area contributed by atoms with E-state index >= 15 is 0 Å². The van der Waals surface area contributed by atoms with Crippen LogP contribution in [0.25, 0.3) is 0 Å². The molecule has 0 aliphatic rings. The number of hydrogen-bond donors (Lipinski definition) is 2. The van der Waals surface area contributed by atoms with Gasteiger partial charge in [-0.25, -0.2) is 4.98 Å². The quantitative estimate of drug-likeness (QED) is 0.827. The molecule has 1 rings (SSSR count). The van der Waals surface area contributed by atoms with Crippen molar-refractivity contribution < 1.29 is 0 Å². The molecule has 1 heterocycles. The van der Waals surface area contributed by atoms with Gasteiger partial charge < -0.3 is 11.1 Å². The molecule has 1 aromatic heterocycles. The Morgan fingerprint density at radius 3 is 2.31 bits per heavy atom. The molecule has 0 aromatic carbocycles. The van der Waals surface area contributed by atoms with Gasteiger partial charge in [-0.1, -0.05) is 32.4 Å². The summed E-state index contributed by atoms with van der Waals surface area (Å²) in [5, 5.41) is 4.01. The van der Waals surface area contributed by atoms with E-state index in [1.165, 1.54) is 0 Å². The Kier molecular flexibility index (Phi) is 4.42. The number of rotatable bonds is 5. The van der Waals surface area contributed by atoms with Crippen molar-refractivity contribution in [3.8, 4) is 0 Å². The Morgan fingerprint density at radius 2 is 1.88 bits per heavy atom. The largest absolute Gasteiger partial charge is 0.396 e. The number of nitrogens with zero attached hydrogens (tertiary/aromatic N) is 1. The Balaban J connectivity index is 2.93. The number of aromatic nitrogens is 1. The molecule has 0 spiro atoms. The molecule has 0 saturated heterocycles. The number of hydrogen-bond acceptors (Lipinski definition) is 3. The summed E-state index contributed by atoms with van der Waals surface area (Å²) in [6, 6.07) is 1.72. The van der Waals surface area contributed by atoms with Crippen LogP contribution in [0.4, 0.5) is 11.5 Å². The standard InChI is InChI=1S/C12H20ClN3/c1-4-12(5-2,6-3)16-11-10(14)7-9(13)8-15-11/h7-8H,4-6,14H2,1-3H3,(H,15,16). The van der Waals surface area contributed by atoms with Crippen molar-refractivity contribution in [3.63, 3.8) is 0 Å². The van der Waals surface area contributed by atoms with Gasteiger partial charge in [-0.05, 0) is 25.3 Å². The molecule has 3 N–H and O–H groups in total. The molecule has 1 aromatic rings. The lowest BCUT2D eigenvalue weighted by atomic mass is 9.90. The maximum Gasteiger partial charge on any atom is 0.149 e. The first-order chi connectivity index (χ1) is 7.56. The van der Waals surface area contributed by atoms with E-state index in [0.29, 0.717) is 10.7 Å². The summed E-state index contributed by atoms with van der Waals surface area (Å²) in [6.07, 6.45) is 4.75. The maximum absolute atomic E-state index is 5.88. The van der Waals surface area contributed by atoms with Crippen molar-refractivity contribution in [2.45, 2.75) is 45.6 Å². The highest BCUT2D eigenvalue weighted by molar-refractivity contribution is 6.30. The van der Waals surface area contributed by atoms with E-state index in [2.05, 4.69) is 31.1 Å². The molecular formula is C12H20ClN3. The molecule has 0 radical (unpaired) electrons. The van der Waals surface area contributed by atoms with Crippen molar-refractivity contribution in [1.29, 1.82) is 0 Å². The monoisotopic (exact) mass is 241 g/mol. The van der Waals surface area contributed by atoms with Crippen LogP contribution in [0.3, 0.4) is 0 Å². The van der Waals surface area contributed by atoms with Gasteiger partial charge in [0.15, 0.2) is 0 Å². The predicted octanol–water partition coefficient (Wildman–Crippen LogP) is 3.70. The average Bonchev–Trinajstić information content (AvgIpc) is 2.29. The normalized spacial score (nSPS) is 11.5. The summed E-state index contributed by atoms with van der Waals surface area (Å²) in [7, 11) is 0. The Labute approximate surface area is 102 Å². The molecule has 4 heteroatoms. The molecule has 0 amide bonds. The van der Waals surface area contributed by atoms with Gasteiger partial charge in [0.25, 0.3) is 0 Å². The minimum atomic E-state index is 0.0783. The third-order valence-electron chi connectivity index (χ3n) is 3.30. The van der Waals surface area contributed by atoms with Gasteiger partial charge in [0.2, 0.25) is 0 Å². The molecule has 0 fully saturated rings. The molecule has 3 nitrogen and oxygen atoms in total. The van der Waals surface area contributed by atoms with Crippen LogP contribution in [0, 0.1) is 0 Å². The van der Waals surface area contributed by atoms with Crippen LogP contribution in [0.1, 0.15) is 40.0 Å². The third kappa shape index (κ3) is 2.79. The highest BCUT2D eigenvalue weighted by Gasteiger charge is 2.24. The first-order valence-corrected chi connectivity index (χ1v) is 6.14. The van der Waals surface area contributed by atoms with Crippen LogP contribution in [-0.2, 0) is 0 Å². The number of nitrogen functional groups attached to an aromatic ring is 1. The number of anilines is 2. The van der Waals surface area contributed by atoms with Crippen LogP contribution in [0.15, 0.2) is 12.3 Å². The molecule has 0 unspecified atom stereocenters. The zero-order valence-electron chi connectivity index (χ0n) is 10.2. The van der Waals surface area contributed by atoms with Gasteiger partial charge in [-0.3, -0.25) is 0 Å². The second-order valence-corrected chi connectivity index (χ2v) is 4.49. The van der Waals surface area contributed by atoms with Crippen molar-refractivity contribution >= 4 is 23.1 Å². The summed E-state index contributed by atoms with van der Waals surface area (Å²) in [5.41, 5.74) is 6.57. The number of nitrogens with two attached hydrogens (primary N) is 1. The van der Waals surface area contributed by atoms with Crippen LogP contribution in [0.5, 0.6) is 0 Å². The van der Waals surface area contributed by atoms with Crippen LogP contribution in [0.2, 0.25) is 5.02 Å². The zero-order valence-corrected chi connectivity index (χ0v) is 10.9. The predicted molar refractivity (Wildman–Crippen MR) is 70.9 cm³/mol.